The van der Waals surface area contributed by atoms with E-state index in [1.807, 2.05) is 19.2 Å². The fourth-order valence-corrected chi connectivity index (χ4v) is 3.20. The Labute approximate surface area is 172 Å². The third-order valence-electron chi connectivity index (χ3n) is 4.79. The molecule has 3 rings (SSSR count). The van der Waals surface area contributed by atoms with E-state index in [4.69, 9.17) is 9.15 Å². The summed E-state index contributed by atoms with van der Waals surface area (Å²) in [6, 6.07) is 7.57. The number of ether oxygens (including phenoxy) is 1. The molecule has 0 bridgehead atoms. The average Bonchev–Trinajstić information content (AvgIpc) is 3.26. The van der Waals surface area contributed by atoms with Gasteiger partial charge in [-0.25, -0.2) is 9.98 Å². The Morgan fingerprint density at radius 3 is 3.00 bits per heavy atom. The molecule has 1 saturated heterocycles. The molecule has 158 valence electrons. The van der Waals surface area contributed by atoms with E-state index < -0.39 is 5.60 Å². The van der Waals surface area contributed by atoms with E-state index in [-0.39, 0.29) is 12.6 Å². The van der Waals surface area contributed by atoms with E-state index in [1.54, 1.807) is 25.3 Å². The second-order valence-corrected chi connectivity index (χ2v) is 7.45. The van der Waals surface area contributed by atoms with Gasteiger partial charge in [0, 0.05) is 25.8 Å². The molecule has 0 aliphatic carbocycles. The third kappa shape index (κ3) is 5.95. The van der Waals surface area contributed by atoms with Crippen LogP contribution < -0.4 is 15.5 Å². The first kappa shape index (κ1) is 21.1. The van der Waals surface area contributed by atoms with Gasteiger partial charge in [0.2, 0.25) is 0 Å². The Kier molecular flexibility index (Phi) is 7.11. The molecule has 0 spiro atoms. The Bertz CT molecular complexity index is 791. The van der Waals surface area contributed by atoms with Crippen molar-refractivity contribution >= 4 is 11.8 Å². The summed E-state index contributed by atoms with van der Waals surface area (Å²) in [7, 11) is 0. The standard InChI is InChI=1S/C21H31N5O3/c1-4-22-20(25-15-21(3,27)18-6-5-10-29-18)24-13-17-7-8-23-19(12-17)26-9-11-28-16(2)14-26/h5-8,10,12,16,27H,4,9,11,13-15H2,1-3H3,(H2,22,24,25). The molecule has 0 radical (unpaired) electrons. The van der Waals surface area contributed by atoms with Gasteiger partial charge in [-0.05, 0) is 50.6 Å². The minimum absolute atomic E-state index is 0.207. The van der Waals surface area contributed by atoms with Gasteiger partial charge >= 0.3 is 0 Å². The first-order valence-electron chi connectivity index (χ1n) is 10.1. The van der Waals surface area contributed by atoms with Crippen molar-refractivity contribution in [3.05, 3.63) is 48.0 Å². The van der Waals surface area contributed by atoms with Crippen LogP contribution in [-0.2, 0) is 16.9 Å². The van der Waals surface area contributed by atoms with Gasteiger partial charge in [0.15, 0.2) is 5.96 Å². The van der Waals surface area contributed by atoms with E-state index in [9.17, 15) is 5.11 Å². The van der Waals surface area contributed by atoms with Crippen LogP contribution >= 0.6 is 0 Å². The molecule has 0 amide bonds. The highest BCUT2D eigenvalue weighted by Gasteiger charge is 2.26. The Morgan fingerprint density at radius 2 is 2.28 bits per heavy atom. The number of hydrogen-bond donors (Lipinski definition) is 3. The maximum atomic E-state index is 10.6. The van der Waals surface area contributed by atoms with Gasteiger partial charge in [-0.15, -0.1) is 0 Å². The van der Waals surface area contributed by atoms with Gasteiger partial charge in [-0.2, -0.15) is 0 Å². The number of pyridine rings is 1. The van der Waals surface area contributed by atoms with Gasteiger partial charge in [-0.1, -0.05) is 0 Å². The normalized spacial score (nSPS) is 19.7. The van der Waals surface area contributed by atoms with Gasteiger partial charge in [-0.3, -0.25) is 0 Å². The molecule has 1 aliphatic heterocycles. The second kappa shape index (κ2) is 9.76. The minimum Gasteiger partial charge on any atom is -0.466 e. The van der Waals surface area contributed by atoms with Gasteiger partial charge in [0.1, 0.15) is 17.2 Å². The zero-order chi connectivity index (χ0) is 20.7. The maximum absolute atomic E-state index is 10.6. The molecular weight excluding hydrogens is 370 g/mol. The van der Waals surface area contributed by atoms with Crippen molar-refractivity contribution in [2.45, 2.75) is 39.0 Å². The van der Waals surface area contributed by atoms with E-state index in [0.717, 1.165) is 37.6 Å². The van der Waals surface area contributed by atoms with Crippen molar-refractivity contribution in [3.63, 3.8) is 0 Å². The highest BCUT2D eigenvalue weighted by atomic mass is 16.5. The number of hydrogen-bond acceptors (Lipinski definition) is 6. The minimum atomic E-state index is -1.13. The summed E-state index contributed by atoms with van der Waals surface area (Å²) in [5.41, 5.74) is -0.0551. The molecule has 1 aliphatic rings. The summed E-state index contributed by atoms with van der Waals surface area (Å²) < 4.78 is 10.9. The zero-order valence-electron chi connectivity index (χ0n) is 17.4. The number of guanidine groups is 1. The van der Waals surface area contributed by atoms with Crippen LogP contribution in [0.1, 0.15) is 32.1 Å². The highest BCUT2D eigenvalue weighted by Crippen LogP contribution is 2.20. The summed E-state index contributed by atoms with van der Waals surface area (Å²) >= 11 is 0. The molecule has 2 aromatic rings. The van der Waals surface area contributed by atoms with Gasteiger partial charge in [0.05, 0.1) is 32.1 Å². The van der Waals surface area contributed by atoms with Crippen molar-refractivity contribution in [1.29, 1.82) is 0 Å². The summed E-state index contributed by atoms with van der Waals surface area (Å²) in [4.78, 5) is 11.4. The monoisotopic (exact) mass is 401 g/mol. The molecule has 1 fully saturated rings. The van der Waals surface area contributed by atoms with Crippen LogP contribution in [0.15, 0.2) is 46.1 Å². The first-order chi connectivity index (χ1) is 14.0. The van der Waals surface area contributed by atoms with E-state index in [0.29, 0.717) is 18.3 Å². The molecule has 0 saturated carbocycles. The summed E-state index contributed by atoms with van der Waals surface area (Å²) in [6.45, 7) is 9.70. The van der Waals surface area contributed by atoms with Crippen LogP contribution in [0.3, 0.4) is 0 Å². The topological polar surface area (TPSA) is 95.2 Å². The van der Waals surface area contributed by atoms with Crippen LogP contribution in [0.5, 0.6) is 0 Å². The lowest BCUT2D eigenvalue weighted by Crippen LogP contribution is -2.44. The number of nitrogens with one attached hydrogen (secondary N) is 2. The summed E-state index contributed by atoms with van der Waals surface area (Å²) in [5.74, 6) is 2.10. The van der Waals surface area contributed by atoms with Crippen molar-refractivity contribution in [2.24, 2.45) is 4.99 Å². The van der Waals surface area contributed by atoms with Crippen molar-refractivity contribution in [2.75, 3.05) is 37.7 Å². The number of rotatable bonds is 7. The van der Waals surface area contributed by atoms with Crippen molar-refractivity contribution in [3.8, 4) is 0 Å². The Balaban J connectivity index is 1.63. The third-order valence-corrected chi connectivity index (χ3v) is 4.79. The van der Waals surface area contributed by atoms with Crippen molar-refractivity contribution < 1.29 is 14.3 Å². The lowest BCUT2D eigenvalue weighted by atomic mass is 10.0. The lowest BCUT2D eigenvalue weighted by molar-refractivity contribution is 0.0386. The second-order valence-electron chi connectivity index (χ2n) is 7.45. The molecule has 8 nitrogen and oxygen atoms in total. The highest BCUT2D eigenvalue weighted by molar-refractivity contribution is 5.79. The predicted molar refractivity (Wildman–Crippen MR) is 113 cm³/mol. The average molecular weight is 402 g/mol. The number of morpholine rings is 1. The van der Waals surface area contributed by atoms with Crippen molar-refractivity contribution in [1.82, 2.24) is 15.6 Å². The number of nitrogens with zero attached hydrogens (tertiary/aromatic N) is 3. The van der Waals surface area contributed by atoms with Crippen LogP contribution in [0.2, 0.25) is 0 Å². The molecule has 2 aromatic heterocycles. The summed E-state index contributed by atoms with van der Waals surface area (Å²) in [6.07, 6.45) is 3.58. The molecule has 2 atom stereocenters. The number of aliphatic hydroxyl groups is 1. The van der Waals surface area contributed by atoms with Gasteiger partial charge < -0.3 is 29.8 Å². The Morgan fingerprint density at radius 1 is 1.41 bits per heavy atom. The van der Waals surface area contributed by atoms with E-state index in [1.165, 1.54) is 0 Å². The molecule has 0 aromatic carbocycles. The number of aromatic nitrogens is 1. The SMILES string of the molecule is CCNC(=NCc1ccnc(N2CCOC(C)C2)c1)NCC(C)(O)c1ccco1. The van der Waals surface area contributed by atoms with Crippen LogP contribution in [0, 0.1) is 0 Å². The molecule has 2 unspecified atom stereocenters. The fourth-order valence-electron chi connectivity index (χ4n) is 3.20. The molecule has 3 heterocycles. The smallest absolute Gasteiger partial charge is 0.191 e. The first-order valence-corrected chi connectivity index (χ1v) is 10.1. The molecule has 3 N–H and O–H groups in total. The predicted octanol–water partition coefficient (Wildman–Crippen LogP) is 1.86. The lowest BCUT2D eigenvalue weighted by Gasteiger charge is -2.32. The van der Waals surface area contributed by atoms with Gasteiger partial charge in [0.25, 0.3) is 0 Å². The molecule has 8 heteroatoms. The molecule has 29 heavy (non-hydrogen) atoms. The number of furan rings is 1. The van der Waals surface area contributed by atoms with E-state index in [2.05, 4.69) is 38.5 Å². The number of aliphatic imine (C=N–C) groups is 1. The quantitative estimate of drug-likeness (QED) is 0.481. The van der Waals surface area contributed by atoms with Crippen LogP contribution in [-0.4, -0.2) is 54.9 Å². The summed E-state index contributed by atoms with van der Waals surface area (Å²) in [5, 5.41) is 17.0. The zero-order valence-corrected chi connectivity index (χ0v) is 17.4. The maximum Gasteiger partial charge on any atom is 0.191 e. The number of anilines is 1. The van der Waals surface area contributed by atoms with E-state index >= 15 is 0 Å². The fraction of sp³-hybridized carbons (Fsp3) is 0.524. The van der Waals surface area contributed by atoms with Crippen LogP contribution in [0.4, 0.5) is 5.82 Å². The van der Waals surface area contributed by atoms with Crippen LogP contribution in [0.25, 0.3) is 0 Å². The molecular formula is C21H31N5O3. The Hall–Kier alpha value is -2.58. The largest absolute Gasteiger partial charge is 0.466 e.